The molecule has 2 heterocycles. The number of rotatable bonds is 8. The molecule has 0 radical (unpaired) electrons. The molecule has 0 spiro atoms. The van der Waals surface area contributed by atoms with Crippen LogP contribution in [0.15, 0.2) is 9.95 Å². The van der Waals surface area contributed by atoms with Crippen molar-refractivity contribution in [3.8, 4) is 0 Å². The zero-order valence-electron chi connectivity index (χ0n) is 17.1. The normalized spacial score (nSPS) is 13.4. The van der Waals surface area contributed by atoms with Crippen LogP contribution in [-0.2, 0) is 20.9 Å². The fourth-order valence-corrected chi connectivity index (χ4v) is 4.78. The van der Waals surface area contributed by atoms with Gasteiger partial charge < -0.3 is 10.1 Å². The lowest BCUT2D eigenvalue weighted by molar-refractivity contribution is -0.146. The second kappa shape index (κ2) is 9.56. The largest absolute Gasteiger partial charge is 0.467 e. The number of nitrogens with one attached hydrogen (secondary N) is 1. The van der Waals surface area contributed by atoms with Gasteiger partial charge in [-0.15, -0.1) is 11.3 Å². The van der Waals surface area contributed by atoms with E-state index in [0.29, 0.717) is 21.9 Å². The SMILES string of the molecule is CC[C@H](C)[C@H](NC(=O)CSc1nc2sc(C)c(C)c2c(=O)n1CC)C(=O)OC. The second-order valence-corrected chi connectivity index (χ2v) is 8.80. The van der Waals surface area contributed by atoms with Crippen LogP contribution in [0.5, 0.6) is 0 Å². The van der Waals surface area contributed by atoms with Crippen molar-refractivity contribution in [3.63, 3.8) is 0 Å². The number of thiophene rings is 1. The maximum Gasteiger partial charge on any atom is 0.328 e. The van der Waals surface area contributed by atoms with Gasteiger partial charge in [0.2, 0.25) is 5.91 Å². The third-order valence-electron chi connectivity index (χ3n) is 4.89. The zero-order chi connectivity index (χ0) is 21.0. The molecule has 0 aromatic carbocycles. The summed E-state index contributed by atoms with van der Waals surface area (Å²) in [5.74, 6) is -0.731. The molecule has 2 aromatic rings. The van der Waals surface area contributed by atoms with Gasteiger partial charge in [0.1, 0.15) is 10.9 Å². The van der Waals surface area contributed by atoms with Crippen molar-refractivity contribution < 1.29 is 14.3 Å². The summed E-state index contributed by atoms with van der Waals surface area (Å²) in [6, 6.07) is -0.686. The van der Waals surface area contributed by atoms with Crippen LogP contribution in [0.3, 0.4) is 0 Å². The summed E-state index contributed by atoms with van der Waals surface area (Å²) in [6.07, 6.45) is 0.734. The molecule has 1 N–H and O–H groups in total. The number of amides is 1. The lowest BCUT2D eigenvalue weighted by Crippen LogP contribution is -2.46. The summed E-state index contributed by atoms with van der Waals surface area (Å²) in [5.41, 5.74) is 0.882. The number of carbonyl (C=O) groups excluding carboxylic acids is 2. The first-order valence-corrected chi connectivity index (χ1v) is 11.1. The molecule has 0 fully saturated rings. The van der Waals surface area contributed by atoms with Crippen LogP contribution in [0, 0.1) is 19.8 Å². The van der Waals surface area contributed by atoms with E-state index < -0.39 is 12.0 Å². The van der Waals surface area contributed by atoms with E-state index in [9.17, 15) is 14.4 Å². The first kappa shape index (κ1) is 22.4. The number of fused-ring (bicyclic) bond motifs is 1. The highest BCUT2D eigenvalue weighted by Crippen LogP contribution is 2.28. The smallest absolute Gasteiger partial charge is 0.328 e. The fraction of sp³-hybridized carbons (Fsp3) is 0.579. The number of hydrogen-bond acceptors (Lipinski definition) is 7. The molecular weight excluding hydrogens is 398 g/mol. The Morgan fingerprint density at radius 1 is 1.32 bits per heavy atom. The molecule has 0 unspecified atom stereocenters. The monoisotopic (exact) mass is 425 g/mol. The average Bonchev–Trinajstić information content (AvgIpc) is 2.97. The Hall–Kier alpha value is -1.87. The molecule has 0 bridgehead atoms. The summed E-state index contributed by atoms with van der Waals surface area (Å²) in [5, 5.41) is 3.91. The Morgan fingerprint density at radius 2 is 2.00 bits per heavy atom. The first-order chi connectivity index (χ1) is 13.2. The number of aryl methyl sites for hydroxylation is 2. The van der Waals surface area contributed by atoms with Crippen LogP contribution in [0.25, 0.3) is 10.2 Å². The molecule has 0 saturated heterocycles. The van der Waals surface area contributed by atoms with Crippen molar-refractivity contribution in [2.75, 3.05) is 12.9 Å². The molecule has 1 amide bonds. The maximum atomic E-state index is 12.8. The van der Waals surface area contributed by atoms with E-state index in [1.165, 1.54) is 30.2 Å². The summed E-state index contributed by atoms with van der Waals surface area (Å²) in [4.78, 5) is 43.6. The van der Waals surface area contributed by atoms with Gasteiger partial charge in [-0.1, -0.05) is 32.0 Å². The van der Waals surface area contributed by atoms with Crippen molar-refractivity contribution in [1.29, 1.82) is 0 Å². The Bertz CT molecular complexity index is 935. The summed E-state index contributed by atoms with van der Waals surface area (Å²) >= 11 is 2.68. The number of hydrogen-bond donors (Lipinski definition) is 1. The number of ether oxygens (including phenoxy) is 1. The van der Waals surface area contributed by atoms with Gasteiger partial charge in [0.15, 0.2) is 5.16 Å². The van der Waals surface area contributed by atoms with Crippen molar-refractivity contribution in [2.24, 2.45) is 5.92 Å². The predicted octanol–water partition coefficient (Wildman–Crippen LogP) is 2.89. The van der Waals surface area contributed by atoms with E-state index in [0.717, 1.165) is 16.9 Å². The first-order valence-electron chi connectivity index (χ1n) is 9.25. The topological polar surface area (TPSA) is 90.3 Å². The van der Waals surface area contributed by atoms with E-state index in [1.807, 2.05) is 34.6 Å². The van der Waals surface area contributed by atoms with Gasteiger partial charge in [-0.05, 0) is 32.3 Å². The van der Waals surface area contributed by atoms with Gasteiger partial charge in [0.05, 0.1) is 18.2 Å². The molecule has 28 heavy (non-hydrogen) atoms. The average molecular weight is 426 g/mol. The van der Waals surface area contributed by atoms with E-state index >= 15 is 0 Å². The van der Waals surface area contributed by atoms with Crippen LogP contribution in [0.1, 0.15) is 37.6 Å². The zero-order valence-corrected chi connectivity index (χ0v) is 18.8. The van der Waals surface area contributed by atoms with Crippen LogP contribution in [-0.4, -0.2) is 40.3 Å². The van der Waals surface area contributed by atoms with Gasteiger partial charge in [-0.2, -0.15) is 0 Å². The highest BCUT2D eigenvalue weighted by Gasteiger charge is 2.27. The minimum atomic E-state index is -0.686. The number of esters is 1. The lowest BCUT2D eigenvalue weighted by Gasteiger charge is -2.21. The van der Waals surface area contributed by atoms with Crippen LogP contribution in [0.4, 0.5) is 0 Å². The number of thioether (sulfide) groups is 1. The molecular formula is C19H27N3O4S2. The van der Waals surface area contributed by atoms with Crippen molar-refractivity contribution >= 4 is 45.2 Å². The molecule has 0 saturated carbocycles. The van der Waals surface area contributed by atoms with Crippen molar-refractivity contribution in [1.82, 2.24) is 14.9 Å². The minimum Gasteiger partial charge on any atom is -0.467 e. The molecule has 0 aliphatic rings. The van der Waals surface area contributed by atoms with Gasteiger partial charge in [0.25, 0.3) is 5.56 Å². The standard InChI is InChI=1S/C19H27N3O4S2/c1-7-10(3)15(18(25)26-6)20-13(23)9-27-19-21-16-14(11(4)12(5)28-16)17(24)22(19)8-2/h10,15H,7-9H2,1-6H3,(H,20,23)/t10-,15-/m0/s1. The Kier molecular flexibility index (Phi) is 7.65. The van der Waals surface area contributed by atoms with Crippen LogP contribution >= 0.6 is 23.1 Å². The van der Waals surface area contributed by atoms with Gasteiger partial charge in [0, 0.05) is 11.4 Å². The van der Waals surface area contributed by atoms with Crippen molar-refractivity contribution in [2.45, 2.75) is 58.8 Å². The Balaban J connectivity index is 2.21. The molecule has 2 aromatic heterocycles. The summed E-state index contributed by atoms with van der Waals surface area (Å²) in [6.45, 7) is 10.1. The van der Waals surface area contributed by atoms with Crippen molar-refractivity contribution in [3.05, 3.63) is 20.8 Å². The number of aromatic nitrogens is 2. The summed E-state index contributed by atoms with van der Waals surface area (Å²) in [7, 11) is 1.31. The molecule has 2 atom stereocenters. The van der Waals surface area contributed by atoms with Gasteiger partial charge >= 0.3 is 5.97 Å². The molecule has 0 aliphatic carbocycles. The lowest BCUT2D eigenvalue weighted by atomic mass is 9.99. The Morgan fingerprint density at radius 3 is 2.57 bits per heavy atom. The predicted molar refractivity (Wildman–Crippen MR) is 113 cm³/mol. The van der Waals surface area contributed by atoms with Crippen LogP contribution in [0.2, 0.25) is 0 Å². The molecule has 0 aliphatic heterocycles. The highest BCUT2D eigenvalue weighted by molar-refractivity contribution is 7.99. The fourth-order valence-electron chi connectivity index (χ4n) is 2.84. The van der Waals surface area contributed by atoms with E-state index in [1.54, 1.807) is 4.57 Å². The number of nitrogens with zero attached hydrogens (tertiary/aromatic N) is 2. The minimum absolute atomic E-state index is 0.0400. The molecule has 7 nitrogen and oxygen atoms in total. The molecule has 9 heteroatoms. The van der Waals surface area contributed by atoms with Gasteiger partial charge in [-0.25, -0.2) is 9.78 Å². The second-order valence-electron chi connectivity index (χ2n) is 6.65. The summed E-state index contributed by atoms with van der Waals surface area (Å²) < 4.78 is 6.39. The quantitative estimate of drug-likeness (QED) is 0.397. The number of carbonyl (C=O) groups is 2. The van der Waals surface area contributed by atoms with E-state index in [4.69, 9.17) is 4.74 Å². The Labute approximate surface area is 172 Å². The third-order valence-corrected chi connectivity index (χ3v) is 6.96. The molecule has 154 valence electrons. The highest BCUT2D eigenvalue weighted by atomic mass is 32.2. The molecule has 2 rings (SSSR count). The van der Waals surface area contributed by atoms with Gasteiger partial charge in [-0.3, -0.25) is 14.2 Å². The van der Waals surface area contributed by atoms with E-state index in [2.05, 4.69) is 10.3 Å². The third kappa shape index (κ3) is 4.57. The van der Waals surface area contributed by atoms with Crippen LogP contribution < -0.4 is 10.9 Å². The number of methoxy groups -OCH3 is 1. The van der Waals surface area contributed by atoms with E-state index in [-0.39, 0.29) is 23.1 Å². The maximum absolute atomic E-state index is 12.8.